The van der Waals surface area contributed by atoms with Gasteiger partial charge in [-0.1, -0.05) is 18.2 Å². The highest BCUT2D eigenvalue weighted by Crippen LogP contribution is 2.26. The first kappa shape index (κ1) is 11.8. The molecular weight excluding hydrogens is 216 g/mol. The van der Waals surface area contributed by atoms with Gasteiger partial charge in [-0.25, -0.2) is 0 Å². The average Bonchev–Trinajstić information content (AvgIpc) is 2.77. The number of rotatable bonds is 6. The quantitative estimate of drug-likeness (QED) is 0.742. The summed E-state index contributed by atoms with van der Waals surface area (Å²) in [7, 11) is 0. The predicted octanol–water partition coefficient (Wildman–Crippen LogP) is 2.50. The summed E-state index contributed by atoms with van der Waals surface area (Å²) in [5, 5.41) is 6.99. The Morgan fingerprint density at radius 1 is 1.44 bits per heavy atom. The van der Waals surface area contributed by atoms with Gasteiger partial charge in [0.05, 0.1) is 0 Å². The van der Waals surface area contributed by atoms with Crippen molar-refractivity contribution < 1.29 is 0 Å². The summed E-state index contributed by atoms with van der Waals surface area (Å²) < 4.78 is 0. The fourth-order valence-corrected chi connectivity index (χ4v) is 2.56. The van der Waals surface area contributed by atoms with E-state index in [9.17, 15) is 0 Å². The Labute approximate surface area is 102 Å². The minimum atomic E-state index is 0.991. The Hall–Kier alpha value is -0.670. The van der Waals surface area contributed by atoms with Gasteiger partial charge in [-0.3, -0.25) is 0 Å². The molecule has 16 heavy (non-hydrogen) atoms. The summed E-state index contributed by atoms with van der Waals surface area (Å²) in [5.74, 6) is 1.25. The number of anilines is 1. The zero-order valence-electron chi connectivity index (χ0n) is 9.88. The van der Waals surface area contributed by atoms with Crippen LogP contribution in [-0.4, -0.2) is 25.1 Å². The molecule has 1 aliphatic rings. The maximum Gasteiger partial charge on any atom is 0.0419 e. The van der Waals surface area contributed by atoms with Gasteiger partial charge in [0.15, 0.2) is 0 Å². The molecule has 2 N–H and O–H groups in total. The van der Waals surface area contributed by atoms with Crippen molar-refractivity contribution in [1.29, 1.82) is 0 Å². The summed E-state index contributed by atoms with van der Waals surface area (Å²) in [6, 6.07) is 6.62. The molecule has 0 spiro atoms. The van der Waals surface area contributed by atoms with E-state index in [0.29, 0.717) is 0 Å². The summed E-state index contributed by atoms with van der Waals surface area (Å²) in [6.07, 6.45) is 4.59. The average molecular weight is 236 g/mol. The lowest BCUT2D eigenvalue weighted by molar-refractivity contribution is 0.680. The maximum absolute atomic E-state index is 3.51. The van der Waals surface area contributed by atoms with Crippen LogP contribution in [0.2, 0.25) is 0 Å². The van der Waals surface area contributed by atoms with Gasteiger partial charge in [0.25, 0.3) is 0 Å². The molecule has 1 aromatic carbocycles. The van der Waals surface area contributed by atoms with Crippen molar-refractivity contribution >= 4 is 17.4 Å². The molecule has 0 saturated heterocycles. The van der Waals surface area contributed by atoms with E-state index < -0.39 is 0 Å². The second kappa shape index (κ2) is 6.16. The van der Waals surface area contributed by atoms with Crippen LogP contribution in [0.15, 0.2) is 18.2 Å². The van der Waals surface area contributed by atoms with Crippen molar-refractivity contribution in [3.63, 3.8) is 0 Å². The first-order chi connectivity index (χ1) is 7.92. The SMILES string of the molecule is CSCCCNCc1cccc2c1NCC2. The van der Waals surface area contributed by atoms with E-state index in [1.807, 2.05) is 11.8 Å². The standard InChI is InChI=1S/C13H20N2S/c1-16-9-3-7-14-10-12-5-2-4-11-6-8-15-13(11)12/h2,4-5,14-15H,3,6-10H2,1H3. The van der Waals surface area contributed by atoms with Gasteiger partial charge in [0.1, 0.15) is 0 Å². The van der Waals surface area contributed by atoms with Crippen LogP contribution < -0.4 is 10.6 Å². The van der Waals surface area contributed by atoms with Crippen LogP contribution in [0.25, 0.3) is 0 Å². The molecule has 1 aliphatic heterocycles. The molecule has 2 nitrogen and oxygen atoms in total. The third-order valence-electron chi connectivity index (χ3n) is 2.95. The molecule has 1 aromatic rings. The number of hydrogen-bond acceptors (Lipinski definition) is 3. The Morgan fingerprint density at radius 3 is 3.25 bits per heavy atom. The zero-order valence-corrected chi connectivity index (χ0v) is 10.7. The molecule has 1 heterocycles. The first-order valence-corrected chi connectivity index (χ1v) is 7.35. The Bertz CT molecular complexity index is 339. The first-order valence-electron chi connectivity index (χ1n) is 5.96. The normalized spacial score (nSPS) is 13.6. The molecule has 0 saturated carbocycles. The minimum absolute atomic E-state index is 0.991. The van der Waals surface area contributed by atoms with E-state index in [1.165, 1.54) is 35.4 Å². The Morgan fingerprint density at radius 2 is 2.38 bits per heavy atom. The molecule has 0 atom stereocenters. The smallest absolute Gasteiger partial charge is 0.0419 e. The molecule has 3 heteroatoms. The van der Waals surface area contributed by atoms with Crippen LogP contribution in [0.1, 0.15) is 17.5 Å². The van der Waals surface area contributed by atoms with Gasteiger partial charge < -0.3 is 10.6 Å². The van der Waals surface area contributed by atoms with Crippen molar-refractivity contribution in [2.75, 3.05) is 30.4 Å². The van der Waals surface area contributed by atoms with E-state index in [-0.39, 0.29) is 0 Å². The van der Waals surface area contributed by atoms with Gasteiger partial charge in [0.2, 0.25) is 0 Å². The molecular formula is C13H20N2S. The topological polar surface area (TPSA) is 24.1 Å². The van der Waals surface area contributed by atoms with Crippen molar-refractivity contribution in [2.45, 2.75) is 19.4 Å². The number of thioether (sulfide) groups is 1. The monoisotopic (exact) mass is 236 g/mol. The fourth-order valence-electron chi connectivity index (χ4n) is 2.12. The lowest BCUT2D eigenvalue weighted by Crippen LogP contribution is -2.16. The molecule has 0 amide bonds. The Kier molecular flexibility index (Phi) is 4.55. The van der Waals surface area contributed by atoms with Crippen molar-refractivity contribution in [3.05, 3.63) is 29.3 Å². The highest BCUT2D eigenvalue weighted by atomic mass is 32.2. The molecule has 0 fully saturated rings. The molecule has 0 aliphatic carbocycles. The van der Waals surface area contributed by atoms with Crippen molar-refractivity contribution in [2.24, 2.45) is 0 Å². The predicted molar refractivity (Wildman–Crippen MR) is 73.3 cm³/mol. The summed E-state index contributed by atoms with van der Waals surface area (Å²) in [6.45, 7) is 3.20. The number of nitrogens with one attached hydrogen (secondary N) is 2. The van der Waals surface area contributed by atoms with Crippen molar-refractivity contribution in [3.8, 4) is 0 Å². The van der Waals surface area contributed by atoms with Crippen LogP contribution in [-0.2, 0) is 13.0 Å². The van der Waals surface area contributed by atoms with Crippen LogP contribution in [0.3, 0.4) is 0 Å². The number of hydrogen-bond donors (Lipinski definition) is 2. The van der Waals surface area contributed by atoms with Gasteiger partial charge in [-0.15, -0.1) is 0 Å². The zero-order chi connectivity index (χ0) is 11.2. The maximum atomic E-state index is 3.51. The molecule has 0 radical (unpaired) electrons. The van der Waals surface area contributed by atoms with Gasteiger partial charge in [0, 0.05) is 18.8 Å². The summed E-state index contributed by atoms with van der Waals surface area (Å²) in [5.41, 5.74) is 4.27. The summed E-state index contributed by atoms with van der Waals surface area (Å²) >= 11 is 1.92. The van der Waals surface area contributed by atoms with E-state index in [2.05, 4.69) is 35.1 Å². The fraction of sp³-hybridized carbons (Fsp3) is 0.538. The molecule has 0 aromatic heterocycles. The highest BCUT2D eigenvalue weighted by molar-refractivity contribution is 7.98. The third kappa shape index (κ3) is 2.92. The molecule has 2 rings (SSSR count). The number of para-hydroxylation sites is 1. The van der Waals surface area contributed by atoms with Crippen LogP contribution >= 0.6 is 11.8 Å². The highest BCUT2D eigenvalue weighted by Gasteiger charge is 2.12. The largest absolute Gasteiger partial charge is 0.384 e. The van der Waals surface area contributed by atoms with E-state index in [1.54, 1.807) is 0 Å². The number of fused-ring (bicyclic) bond motifs is 1. The van der Waals surface area contributed by atoms with Gasteiger partial charge >= 0.3 is 0 Å². The van der Waals surface area contributed by atoms with E-state index in [0.717, 1.165) is 19.6 Å². The van der Waals surface area contributed by atoms with E-state index in [4.69, 9.17) is 0 Å². The molecule has 0 unspecified atom stereocenters. The summed E-state index contributed by atoms with van der Waals surface area (Å²) in [4.78, 5) is 0. The van der Waals surface area contributed by atoms with Crippen LogP contribution in [0.5, 0.6) is 0 Å². The lowest BCUT2D eigenvalue weighted by atomic mass is 10.1. The second-order valence-electron chi connectivity index (χ2n) is 4.15. The molecule has 0 bridgehead atoms. The van der Waals surface area contributed by atoms with E-state index >= 15 is 0 Å². The number of benzene rings is 1. The third-order valence-corrected chi connectivity index (χ3v) is 3.65. The Balaban J connectivity index is 1.83. The molecule has 88 valence electrons. The second-order valence-corrected chi connectivity index (χ2v) is 5.14. The van der Waals surface area contributed by atoms with Gasteiger partial charge in [-0.05, 0) is 42.5 Å². The van der Waals surface area contributed by atoms with Crippen LogP contribution in [0.4, 0.5) is 5.69 Å². The van der Waals surface area contributed by atoms with Crippen LogP contribution in [0, 0.1) is 0 Å². The lowest BCUT2D eigenvalue weighted by Gasteiger charge is -2.09. The van der Waals surface area contributed by atoms with Gasteiger partial charge in [-0.2, -0.15) is 11.8 Å². The van der Waals surface area contributed by atoms with Crippen molar-refractivity contribution in [1.82, 2.24) is 5.32 Å². The minimum Gasteiger partial charge on any atom is -0.384 e.